The van der Waals surface area contributed by atoms with Gasteiger partial charge in [-0.1, -0.05) is 30.3 Å². The molecule has 0 spiro atoms. The highest BCUT2D eigenvalue weighted by atomic mass is 16.5. The second-order valence-electron chi connectivity index (χ2n) is 6.81. The molecule has 3 rings (SSSR count). The zero-order valence-corrected chi connectivity index (χ0v) is 15.1. The summed E-state index contributed by atoms with van der Waals surface area (Å²) in [6.45, 7) is 4.27. The number of hydroxylamine groups is 1. The number of likely N-dealkylation sites (N-methyl/N-ethyl adjacent to an activating group) is 1. The predicted octanol–water partition coefficient (Wildman–Crippen LogP) is 3.27. The van der Waals surface area contributed by atoms with E-state index >= 15 is 0 Å². The first kappa shape index (κ1) is 17.0. The van der Waals surface area contributed by atoms with Gasteiger partial charge in [0.05, 0.1) is 5.56 Å². The molecule has 0 atom stereocenters. The van der Waals surface area contributed by atoms with Crippen LogP contribution in [0.15, 0.2) is 59.6 Å². The lowest BCUT2D eigenvalue weighted by Gasteiger charge is -2.26. The van der Waals surface area contributed by atoms with E-state index in [9.17, 15) is 5.21 Å². The van der Waals surface area contributed by atoms with Crippen LogP contribution in [0.25, 0.3) is 0 Å². The summed E-state index contributed by atoms with van der Waals surface area (Å²) < 4.78 is 6.77. The number of aliphatic imine (C=N–C) groups is 1. The Balaban J connectivity index is 1.77. The lowest BCUT2D eigenvalue weighted by Crippen LogP contribution is -2.45. The van der Waals surface area contributed by atoms with Gasteiger partial charge in [-0.25, -0.2) is 4.74 Å². The molecule has 0 saturated heterocycles. The van der Waals surface area contributed by atoms with Gasteiger partial charge < -0.3 is 14.8 Å². The van der Waals surface area contributed by atoms with Crippen LogP contribution in [-0.4, -0.2) is 40.9 Å². The SMILES string of the molecule is CN(C)C1=NC(c2ccc(OCc3ccccc3)cc2)=[N+]([O-])C1(C)C. The molecule has 0 amide bonds. The monoisotopic (exact) mass is 337 g/mol. The number of benzene rings is 2. The standard InChI is InChI=1S/C20H23N3O2/c1-20(2)19(22(3)4)21-18(23(20)24)16-10-12-17(13-11-16)25-14-15-8-6-5-7-9-15/h5-13H,14H2,1-4H3. The summed E-state index contributed by atoms with van der Waals surface area (Å²) in [7, 11) is 3.80. The van der Waals surface area contributed by atoms with E-state index < -0.39 is 5.54 Å². The lowest BCUT2D eigenvalue weighted by atomic mass is 10.1. The third-order valence-electron chi connectivity index (χ3n) is 4.24. The maximum atomic E-state index is 12.6. The molecule has 0 N–H and O–H groups in total. The molecule has 0 saturated carbocycles. The van der Waals surface area contributed by atoms with Crippen molar-refractivity contribution < 1.29 is 9.48 Å². The number of rotatable bonds is 4. The van der Waals surface area contributed by atoms with Crippen molar-refractivity contribution >= 4 is 11.7 Å². The number of hydrogen-bond donors (Lipinski definition) is 0. The Morgan fingerprint density at radius 1 is 1.04 bits per heavy atom. The van der Waals surface area contributed by atoms with Gasteiger partial charge in [0.25, 0.3) is 5.84 Å². The topological polar surface area (TPSA) is 50.9 Å². The van der Waals surface area contributed by atoms with E-state index in [4.69, 9.17) is 4.74 Å². The summed E-state index contributed by atoms with van der Waals surface area (Å²) >= 11 is 0. The summed E-state index contributed by atoms with van der Waals surface area (Å²) in [5.74, 6) is 1.95. The van der Waals surface area contributed by atoms with Crippen molar-refractivity contribution in [2.75, 3.05) is 14.1 Å². The number of ether oxygens (including phenoxy) is 1. The fraction of sp³-hybridized carbons (Fsp3) is 0.300. The molecule has 25 heavy (non-hydrogen) atoms. The van der Waals surface area contributed by atoms with Gasteiger partial charge in [-0.2, -0.15) is 0 Å². The molecule has 2 aromatic rings. The minimum absolute atomic E-state index is 0.434. The van der Waals surface area contributed by atoms with E-state index in [-0.39, 0.29) is 0 Å². The van der Waals surface area contributed by atoms with Gasteiger partial charge in [0.1, 0.15) is 12.4 Å². The molecular formula is C20H23N3O2. The quantitative estimate of drug-likeness (QED) is 0.635. The first-order valence-electron chi connectivity index (χ1n) is 8.27. The molecular weight excluding hydrogens is 314 g/mol. The van der Waals surface area contributed by atoms with Gasteiger partial charge in [0.2, 0.25) is 0 Å². The molecule has 1 aliphatic heterocycles. The van der Waals surface area contributed by atoms with Gasteiger partial charge in [-0.05, 0) is 48.7 Å². The number of nitrogens with zero attached hydrogens (tertiary/aromatic N) is 3. The molecule has 5 nitrogen and oxygen atoms in total. The molecule has 0 unspecified atom stereocenters. The Morgan fingerprint density at radius 3 is 2.24 bits per heavy atom. The average Bonchev–Trinajstić information content (AvgIpc) is 2.85. The Bertz CT molecular complexity index is 807. The van der Waals surface area contributed by atoms with Crippen molar-refractivity contribution in [1.82, 2.24) is 4.90 Å². The first-order valence-corrected chi connectivity index (χ1v) is 8.27. The molecule has 0 fully saturated rings. The summed E-state index contributed by atoms with van der Waals surface area (Å²) in [4.78, 5) is 6.43. The summed E-state index contributed by atoms with van der Waals surface area (Å²) in [5.41, 5.74) is 1.22. The molecule has 1 heterocycles. The molecule has 0 radical (unpaired) electrons. The van der Waals surface area contributed by atoms with Crippen LogP contribution >= 0.6 is 0 Å². The van der Waals surface area contributed by atoms with Gasteiger partial charge >= 0.3 is 5.84 Å². The van der Waals surface area contributed by atoms with Crippen LogP contribution in [0.5, 0.6) is 5.75 Å². The Labute approximate surface area is 148 Å². The zero-order chi connectivity index (χ0) is 18.0. The van der Waals surface area contributed by atoms with Crippen LogP contribution in [0.1, 0.15) is 25.0 Å². The molecule has 5 heteroatoms. The lowest BCUT2D eigenvalue weighted by molar-refractivity contribution is -0.514. The molecule has 0 aliphatic carbocycles. The Hall–Kier alpha value is -2.82. The summed E-state index contributed by atoms with van der Waals surface area (Å²) in [5, 5.41) is 12.6. The van der Waals surface area contributed by atoms with Crippen molar-refractivity contribution in [1.29, 1.82) is 0 Å². The first-order chi connectivity index (χ1) is 11.9. The molecule has 0 bridgehead atoms. The normalized spacial score (nSPS) is 15.9. The van der Waals surface area contributed by atoms with Crippen molar-refractivity contribution in [3.63, 3.8) is 0 Å². The van der Waals surface area contributed by atoms with Gasteiger partial charge in [-0.15, -0.1) is 0 Å². The van der Waals surface area contributed by atoms with Crippen LogP contribution in [0.4, 0.5) is 0 Å². The van der Waals surface area contributed by atoms with Crippen molar-refractivity contribution in [3.05, 3.63) is 70.9 Å². The smallest absolute Gasteiger partial charge is 0.331 e. The van der Waals surface area contributed by atoms with E-state index in [1.165, 1.54) is 0 Å². The highest BCUT2D eigenvalue weighted by Gasteiger charge is 2.43. The van der Waals surface area contributed by atoms with Crippen LogP contribution in [0.3, 0.4) is 0 Å². The van der Waals surface area contributed by atoms with Crippen LogP contribution in [0.2, 0.25) is 0 Å². The Morgan fingerprint density at radius 2 is 1.68 bits per heavy atom. The highest BCUT2D eigenvalue weighted by Crippen LogP contribution is 2.23. The van der Waals surface area contributed by atoms with Crippen LogP contribution in [0, 0.1) is 5.21 Å². The Kier molecular flexibility index (Phi) is 4.49. The fourth-order valence-corrected chi connectivity index (χ4v) is 2.91. The zero-order valence-electron chi connectivity index (χ0n) is 15.1. The maximum Gasteiger partial charge on any atom is 0.331 e. The van der Waals surface area contributed by atoms with E-state index in [2.05, 4.69) is 4.99 Å². The van der Waals surface area contributed by atoms with Gasteiger partial charge in [-0.3, -0.25) is 0 Å². The minimum Gasteiger partial charge on any atom is -0.714 e. The minimum atomic E-state index is -0.679. The van der Waals surface area contributed by atoms with E-state index in [0.29, 0.717) is 12.4 Å². The summed E-state index contributed by atoms with van der Waals surface area (Å²) in [6.07, 6.45) is 0. The second-order valence-corrected chi connectivity index (χ2v) is 6.81. The van der Waals surface area contributed by atoms with Crippen molar-refractivity contribution in [2.24, 2.45) is 4.99 Å². The number of amidine groups is 2. The molecule has 1 aliphatic rings. The number of hydrogen-bond acceptors (Lipinski definition) is 4. The van der Waals surface area contributed by atoms with E-state index in [1.54, 1.807) is 0 Å². The predicted molar refractivity (Wildman–Crippen MR) is 100 cm³/mol. The average molecular weight is 337 g/mol. The fourth-order valence-electron chi connectivity index (χ4n) is 2.91. The van der Waals surface area contributed by atoms with Crippen LogP contribution < -0.4 is 4.74 Å². The maximum absolute atomic E-state index is 12.6. The van der Waals surface area contributed by atoms with Crippen molar-refractivity contribution in [2.45, 2.75) is 26.0 Å². The largest absolute Gasteiger partial charge is 0.714 e. The van der Waals surface area contributed by atoms with Crippen LogP contribution in [-0.2, 0) is 6.61 Å². The third kappa shape index (κ3) is 3.36. The van der Waals surface area contributed by atoms with Crippen molar-refractivity contribution in [3.8, 4) is 5.75 Å². The van der Waals surface area contributed by atoms with Gasteiger partial charge in [0.15, 0.2) is 5.54 Å². The molecule has 2 aromatic carbocycles. The summed E-state index contributed by atoms with van der Waals surface area (Å²) in [6, 6.07) is 17.5. The second kappa shape index (κ2) is 6.59. The van der Waals surface area contributed by atoms with E-state index in [1.807, 2.05) is 87.4 Å². The van der Waals surface area contributed by atoms with Gasteiger partial charge in [0, 0.05) is 14.1 Å². The van der Waals surface area contributed by atoms with E-state index in [0.717, 1.165) is 27.5 Å². The third-order valence-corrected chi connectivity index (χ3v) is 4.24. The molecule has 130 valence electrons. The molecule has 0 aromatic heterocycles. The highest BCUT2D eigenvalue weighted by molar-refractivity contribution is 6.09.